The van der Waals surface area contributed by atoms with Crippen molar-refractivity contribution < 1.29 is 31.0 Å². The van der Waals surface area contributed by atoms with Crippen molar-refractivity contribution in [2.75, 3.05) is 5.73 Å². The summed E-state index contributed by atoms with van der Waals surface area (Å²) in [6.07, 6.45) is 0. The van der Waals surface area contributed by atoms with Crippen LogP contribution in [0.5, 0.6) is 5.75 Å². The van der Waals surface area contributed by atoms with E-state index in [9.17, 15) is 31.0 Å². The van der Waals surface area contributed by atoms with Gasteiger partial charge in [-0.05, 0) is 59.0 Å². The van der Waals surface area contributed by atoms with Crippen molar-refractivity contribution in [2.45, 2.75) is 9.79 Å². The molecule has 0 fully saturated rings. The van der Waals surface area contributed by atoms with Gasteiger partial charge in [0.15, 0.2) is 0 Å². The van der Waals surface area contributed by atoms with Crippen LogP contribution in [0.1, 0.15) is 0 Å². The molecule has 0 saturated heterocycles. The van der Waals surface area contributed by atoms with Crippen LogP contribution >= 0.6 is 0 Å². The molecule has 0 spiro atoms. The molecule has 5 N–H and O–H groups in total. The van der Waals surface area contributed by atoms with Gasteiger partial charge in [-0.3, -0.25) is 9.11 Å². The number of fused-ring (bicyclic) bond motifs is 2. The van der Waals surface area contributed by atoms with Crippen LogP contribution in [-0.4, -0.2) is 90.2 Å². The Balaban J connectivity index is 0.00000260. The number of rotatable bonds is 7. The number of nitrogens with two attached hydrogens (primary N) is 1. The fourth-order valence-corrected chi connectivity index (χ4v) is 6.38. The van der Waals surface area contributed by atoms with Gasteiger partial charge in [-0.25, -0.2) is 0 Å². The molecule has 2 radical (unpaired) electrons. The van der Waals surface area contributed by atoms with Gasteiger partial charge >= 0.3 is 0 Å². The van der Waals surface area contributed by atoms with E-state index in [1.165, 1.54) is 30.3 Å². The maximum absolute atomic E-state index is 12.0. The molecule has 0 aliphatic carbocycles. The number of hydrogen-bond acceptors (Lipinski definition) is 10. The molecule has 0 aliphatic rings. The third kappa shape index (κ3) is 7.84. The van der Waals surface area contributed by atoms with Gasteiger partial charge in [0.05, 0.1) is 17.1 Å². The molecule has 0 aromatic heterocycles. The van der Waals surface area contributed by atoms with E-state index in [0.29, 0.717) is 22.1 Å². The Hall–Kier alpha value is -3.54. The predicted molar refractivity (Wildman–Crippen MR) is 185 cm³/mol. The normalized spacial score (nSPS) is 12.0. The van der Waals surface area contributed by atoms with E-state index in [1.54, 1.807) is 66.7 Å². The van der Waals surface area contributed by atoms with Crippen molar-refractivity contribution in [2.24, 2.45) is 20.5 Å². The molecule has 232 valence electrons. The summed E-state index contributed by atoms with van der Waals surface area (Å²) in [5.74, 6) is -0.302. The number of phenols is 1. The fourth-order valence-electron chi connectivity index (χ4n) is 4.94. The fraction of sp³-hybridized carbons (Fsp3) is 0. The molecule has 0 saturated carbocycles. The first-order chi connectivity index (χ1) is 21.9. The summed E-state index contributed by atoms with van der Waals surface area (Å²) >= 11 is 0. The Kier molecular flexibility index (Phi) is 11.6. The zero-order valence-corrected chi connectivity index (χ0v) is 31.2. The molecular formula is C32H23N5Na2O7S2. The Labute approximate surface area is 319 Å². The van der Waals surface area contributed by atoms with E-state index >= 15 is 0 Å². The van der Waals surface area contributed by atoms with Crippen molar-refractivity contribution in [1.82, 2.24) is 0 Å². The Bertz CT molecular complexity index is 2440. The van der Waals surface area contributed by atoms with Crippen LogP contribution in [-0.2, 0) is 20.2 Å². The van der Waals surface area contributed by atoms with Crippen LogP contribution in [0.25, 0.3) is 32.7 Å². The molecule has 0 atom stereocenters. The summed E-state index contributed by atoms with van der Waals surface area (Å²) in [5.41, 5.74) is 9.00. The monoisotopic (exact) mass is 699 g/mol. The number of nitrogen functional groups attached to an aromatic ring is 1. The number of anilines is 1. The zero-order chi connectivity index (χ0) is 32.6. The summed E-state index contributed by atoms with van der Waals surface area (Å²) in [7, 11) is -9.13. The van der Waals surface area contributed by atoms with Gasteiger partial charge in [0.25, 0.3) is 20.2 Å². The summed E-state index contributed by atoms with van der Waals surface area (Å²) < 4.78 is 67.2. The van der Waals surface area contributed by atoms with Gasteiger partial charge < -0.3 is 10.8 Å². The predicted octanol–water partition coefficient (Wildman–Crippen LogP) is 7.51. The van der Waals surface area contributed by atoms with E-state index in [0.717, 1.165) is 11.1 Å². The molecule has 12 nitrogen and oxygen atoms in total. The number of nitrogens with zero attached hydrogens (tertiary/aromatic N) is 4. The average Bonchev–Trinajstić information content (AvgIpc) is 3.03. The van der Waals surface area contributed by atoms with Crippen LogP contribution in [0, 0.1) is 0 Å². The topological polar surface area (TPSA) is 204 Å². The van der Waals surface area contributed by atoms with Crippen LogP contribution < -0.4 is 5.73 Å². The SMILES string of the molecule is Nc1c(N=Nc2ccc(-c3ccc(N=Nc4c(O)ccc5cccc(S(=O)(=O)O)c45)cc3)cc2)cc(S(=O)(=O)O)c2ccccc12.[Na].[Na]. The maximum Gasteiger partial charge on any atom is 0.295 e. The Morgan fingerprint density at radius 3 is 1.67 bits per heavy atom. The minimum absolute atomic E-state index is 0. The third-order valence-corrected chi connectivity index (χ3v) is 8.94. The molecular weight excluding hydrogens is 676 g/mol. The van der Waals surface area contributed by atoms with E-state index in [-0.39, 0.29) is 97.6 Å². The quantitative estimate of drug-likeness (QED) is 0.0566. The number of benzene rings is 6. The molecule has 6 rings (SSSR count). The molecule has 0 unspecified atom stereocenters. The van der Waals surface area contributed by atoms with Gasteiger partial charge in [0.2, 0.25) is 0 Å². The van der Waals surface area contributed by atoms with Gasteiger partial charge in [0.1, 0.15) is 26.9 Å². The summed E-state index contributed by atoms with van der Waals surface area (Å²) in [5, 5.41) is 28.2. The summed E-state index contributed by atoms with van der Waals surface area (Å²) in [4.78, 5) is -0.710. The number of aromatic hydroxyl groups is 1. The second kappa shape index (κ2) is 14.9. The van der Waals surface area contributed by atoms with Gasteiger partial charge in [-0.1, -0.05) is 66.7 Å². The first kappa shape index (κ1) is 37.3. The second-order valence-electron chi connectivity index (χ2n) is 10.1. The number of phenolic OH excluding ortho intramolecular Hbond substituents is 1. The van der Waals surface area contributed by atoms with Crippen molar-refractivity contribution in [3.8, 4) is 16.9 Å². The first-order valence-corrected chi connectivity index (χ1v) is 16.3. The van der Waals surface area contributed by atoms with Crippen LogP contribution in [0.4, 0.5) is 28.4 Å². The number of azo groups is 2. The van der Waals surface area contributed by atoms with Crippen LogP contribution in [0.15, 0.2) is 139 Å². The van der Waals surface area contributed by atoms with Gasteiger partial charge in [-0.15, -0.1) is 10.2 Å². The molecule has 0 heterocycles. The van der Waals surface area contributed by atoms with E-state index < -0.39 is 25.1 Å². The van der Waals surface area contributed by atoms with E-state index in [2.05, 4.69) is 20.5 Å². The van der Waals surface area contributed by atoms with Crippen molar-refractivity contribution in [1.29, 1.82) is 0 Å². The molecule has 6 aromatic rings. The van der Waals surface area contributed by atoms with Gasteiger partial charge in [0, 0.05) is 75.3 Å². The zero-order valence-electron chi connectivity index (χ0n) is 25.5. The van der Waals surface area contributed by atoms with E-state index in [1.807, 2.05) is 12.1 Å². The van der Waals surface area contributed by atoms with Crippen molar-refractivity contribution >= 4 is 129 Å². The molecule has 0 aliphatic heterocycles. The Morgan fingerprint density at radius 2 is 1.10 bits per heavy atom. The largest absolute Gasteiger partial charge is 0.506 e. The molecule has 0 amide bonds. The van der Waals surface area contributed by atoms with Crippen LogP contribution in [0.3, 0.4) is 0 Å². The van der Waals surface area contributed by atoms with E-state index in [4.69, 9.17) is 5.73 Å². The summed E-state index contributed by atoms with van der Waals surface area (Å²) in [6.45, 7) is 0. The average molecular weight is 700 g/mol. The third-order valence-electron chi connectivity index (χ3n) is 7.15. The van der Waals surface area contributed by atoms with Crippen molar-refractivity contribution in [3.05, 3.63) is 109 Å². The maximum atomic E-state index is 12.0. The first-order valence-electron chi connectivity index (χ1n) is 13.4. The molecule has 6 aromatic carbocycles. The number of hydrogen-bond donors (Lipinski definition) is 4. The van der Waals surface area contributed by atoms with Crippen LogP contribution in [0.2, 0.25) is 0 Å². The smallest absolute Gasteiger partial charge is 0.295 e. The minimum atomic E-state index is -4.59. The molecule has 0 bridgehead atoms. The molecule has 48 heavy (non-hydrogen) atoms. The Morgan fingerprint density at radius 1 is 0.562 bits per heavy atom. The van der Waals surface area contributed by atoms with Crippen molar-refractivity contribution in [3.63, 3.8) is 0 Å². The summed E-state index contributed by atoms with van der Waals surface area (Å²) in [6, 6.07) is 28.9. The van der Waals surface area contributed by atoms with Gasteiger partial charge in [-0.2, -0.15) is 27.1 Å². The second-order valence-corrected chi connectivity index (χ2v) is 12.9. The minimum Gasteiger partial charge on any atom is -0.506 e. The molecule has 16 heteroatoms. The standard InChI is InChI=1S/C32H23N5O7S2.2Na/c33-31-25-6-2-1-5-24(25)29(46(42,43)44)18-26(31)36-34-22-13-8-19(9-14-22)20-10-15-23(16-11-20)35-37-32-27(38)17-12-21-4-3-7-28(30(21)32)45(39,40)41;;/h1-18,38H,33H2,(H,39,40,41)(H,42,43,44);;.